The molecule has 0 bridgehead atoms. The summed E-state index contributed by atoms with van der Waals surface area (Å²) in [6.07, 6.45) is 5.06. The number of allylic oxidation sites excluding steroid dienone is 3. The molecule has 182 valence electrons. The van der Waals surface area contributed by atoms with Gasteiger partial charge in [-0.3, -0.25) is 9.59 Å². The topological polar surface area (TPSA) is 59.1 Å². The number of carbonyl (C=O) groups is 2. The average Bonchev–Trinajstić information content (AvgIpc) is 3.15. The molecule has 0 saturated carbocycles. The van der Waals surface area contributed by atoms with Gasteiger partial charge in [-0.15, -0.1) is 0 Å². The molecule has 1 fully saturated rings. The van der Waals surface area contributed by atoms with E-state index < -0.39 is 5.79 Å². The SMILES string of the molecule is CC1=CC(C)=C(CN2CCc3c(Cl)c4c(c(C)c3C2=O)OC(C)(C2CCN(C)CC2)O4)C(=O)C1. The molecule has 0 aromatic heterocycles. The standard InChI is InChI=1S/C27H33ClN2O4/c1-15-12-16(2)20(21(31)13-15)14-30-11-8-19-22(26(30)32)17(3)24-25(23(19)28)34-27(4,33-24)18-6-9-29(5)10-7-18/h12,18H,6-11,13-14H2,1-5H3. The van der Waals surface area contributed by atoms with Gasteiger partial charge in [0.05, 0.1) is 10.6 Å². The highest BCUT2D eigenvalue weighted by molar-refractivity contribution is 6.34. The lowest BCUT2D eigenvalue weighted by Crippen LogP contribution is -2.48. The maximum atomic E-state index is 13.7. The van der Waals surface area contributed by atoms with Crippen LogP contribution >= 0.6 is 11.6 Å². The number of amides is 1. The normalized spacial score (nSPS) is 25.7. The summed E-state index contributed by atoms with van der Waals surface area (Å²) in [6, 6.07) is 0. The molecular formula is C27H33ClN2O4. The van der Waals surface area contributed by atoms with Gasteiger partial charge in [0.25, 0.3) is 11.7 Å². The van der Waals surface area contributed by atoms with Crippen molar-refractivity contribution in [3.8, 4) is 11.5 Å². The lowest BCUT2D eigenvalue weighted by atomic mass is 9.89. The van der Waals surface area contributed by atoms with Gasteiger partial charge >= 0.3 is 0 Å². The van der Waals surface area contributed by atoms with Crippen molar-refractivity contribution in [2.45, 2.75) is 59.2 Å². The smallest absolute Gasteiger partial charge is 0.254 e. The highest BCUT2D eigenvalue weighted by atomic mass is 35.5. The third-order valence-corrected chi connectivity index (χ3v) is 8.35. The van der Waals surface area contributed by atoms with Crippen molar-refractivity contribution in [2.24, 2.45) is 5.92 Å². The molecule has 4 aliphatic rings. The molecule has 0 spiro atoms. The zero-order valence-electron chi connectivity index (χ0n) is 20.7. The molecule has 5 rings (SSSR count). The van der Waals surface area contributed by atoms with Crippen molar-refractivity contribution in [1.29, 1.82) is 0 Å². The van der Waals surface area contributed by atoms with E-state index in [1.54, 1.807) is 4.90 Å². The van der Waals surface area contributed by atoms with Crippen molar-refractivity contribution in [3.63, 3.8) is 0 Å². The van der Waals surface area contributed by atoms with Crippen molar-refractivity contribution in [1.82, 2.24) is 9.80 Å². The van der Waals surface area contributed by atoms with E-state index >= 15 is 0 Å². The van der Waals surface area contributed by atoms with E-state index in [9.17, 15) is 9.59 Å². The van der Waals surface area contributed by atoms with Crippen LogP contribution in [-0.2, 0) is 11.2 Å². The number of ketones is 1. The van der Waals surface area contributed by atoms with Gasteiger partial charge in [-0.05, 0) is 71.3 Å². The summed E-state index contributed by atoms with van der Waals surface area (Å²) in [5.41, 5.74) is 4.93. The number of Topliss-reactive ketones (excluding diaryl/α,β-unsaturated/α-hetero) is 1. The van der Waals surface area contributed by atoms with Gasteiger partial charge in [-0.25, -0.2) is 0 Å². The number of halogens is 1. The first-order chi connectivity index (χ1) is 16.1. The zero-order chi connectivity index (χ0) is 24.4. The van der Waals surface area contributed by atoms with E-state index in [1.165, 1.54) is 0 Å². The number of rotatable bonds is 3. The van der Waals surface area contributed by atoms with Crippen molar-refractivity contribution < 1.29 is 19.1 Å². The number of hydrogen-bond donors (Lipinski definition) is 0. The Morgan fingerprint density at radius 1 is 1.09 bits per heavy atom. The van der Waals surface area contributed by atoms with Crippen LogP contribution < -0.4 is 9.47 Å². The lowest BCUT2D eigenvalue weighted by Gasteiger charge is -2.37. The number of benzene rings is 1. The van der Waals surface area contributed by atoms with Crippen LogP contribution in [0.5, 0.6) is 11.5 Å². The van der Waals surface area contributed by atoms with Gasteiger partial charge in [0.2, 0.25) is 0 Å². The second kappa shape index (κ2) is 8.42. The quantitative estimate of drug-likeness (QED) is 0.621. The van der Waals surface area contributed by atoms with E-state index in [2.05, 4.69) is 11.9 Å². The van der Waals surface area contributed by atoms with Crippen LogP contribution in [0, 0.1) is 12.8 Å². The molecule has 1 aromatic rings. The molecule has 3 heterocycles. The molecule has 0 radical (unpaired) electrons. The molecule has 1 saturated heterocycles. The molecule has 1 unspecified atom stereocenters. The number of nitrogens with zero attached hydrogens (tertiary/aromatic N) is 2. The van der Waals surface area contributed by atoms with E-state index in [1.807, 2.05) is 33.8 Å². The van der Waals surface area contributed by atoms with Crippen LogP contribution in [0.4, 0.5) is 0 Å². The molecule has 34 heavy (non-hydrogen) atoms. The second-order valence-corrected chi connectivity index (χ2v) is 10.9. The molecule has 1 amide bonds. The summed E-state index contributed by atoms with van der Waals surface area (Å²) in [7, 11) is 2.13. The summed E-state index contributed by atoms with van der Waals surface area (Å²) < 4.78 is 12.9. The van der Waals surface area contributed by atoms with Crippen LogP contribution in [0.2, 0.25) is 5.02 Å². The Morgan fingerprint density at radius 3 is 2.44 bits per heavy atom. The van der Waals surface area contributed by atoms with Gasteiger partial charge in [-0.1, -0.05) is 23.3 Å². The van der Waals surface area contributed by atoms with E-state index in [-0.39, 0.29) is 17.6 Å². The maximum Gasteiger partial charge on any atom is 0.254 e. The van der Waals surface area contributed by atoms with Gasteiger partial charge in [0, 0.05) is 43.5 Å². The van der Waals surface area contributed by atoms with Crippen molar-refractivity contribution in [2.75, 3.05) is 33.2 Å². The summed E-state index contributed by atoms with van der Waals surface area (Å²) in [6.45, 7) is 10.7. The van der Waals surface area contributed by atoms with Crippen LogP contribution in [0.25, 0.3) is 0 Å². The summed E-state index contributed by atoms with van der Waals surface area (Å²) in [5, 5.41) is 0.489. The van der Waals surface area contributed by atoms with Crippen LogP contribution in [0.3, 0.4) is 0 Å². The van der Waals surface area contributed by atoms with Crippen molar-refractivity contribution >= 4 is 23.3 Å². The number of fused-ring (bicyclic) bond motifs is 2. The molecule has 1 aromatic carbocycles. The Hall–Kier alpha value is -2.31. The van der Waals surface area contributed by atoms with Crippen LogP contribution in [0.1, 0.15) is 61.5 Å². The predicted octanol–water partition coefficient (Wildman–Crippen LogP) is 4.71. The van der Waals surface area contributed by atoms with Crippen LogP contribution in [-0.4, -0.2) is 60.5 Å². The fraction of sp³-hybridized carbons (Fsp3) is 0.556. The first-order valence-corrected chi connectivity index (χ1v) is 12.6. The monoisotopic (exact) mass is 484 g/mol. The first-order valence-electron chi connectivity index (χ1n) is 12.2. The summed E-state index contributed by atoms with van der Waals surface area (Å²) >= 11 is 6.85. The number of carbonyl (C=O) groups excluding carboxylic acids is 2. The largest absolute Gasteiger partial charge is 0.448 e. The first kappa shape index (κ1) is 23.4. The highest BCUT2D eigenvalue weighted by Crippen LogP contribution is 2.53. The van der Waals surface area contributed by atoms with E-state index in [4.69, 9.17) is 21.1 Å². The van der Waals surface area contributed by atoms with Gasteiger partial charge < -0.3 is 19.3 Å². The molecular weight excluding hydrogens is 452 g/mol. The fourth-order valence-electron chi connectivity index (χ4n) is 5.87. The molecule has 1 aliphatic carbocycles. The lowest BCUT2D eigenvalue weighted by molar-refractivity contribution is -0.123. The third-order valence-electron chi connectivity index (χ3n) is 7.95. The number of ether oxygens (including phenoxy) is 2. The highest BCUT2D eigenvalue weighted by Gasteiger charge is 2.48. The third kappa shape index (κ3) is 3.75. The Labute approximate surface area is 206 Å². The molecule has 0 N–H and O–H groups in total. The minimum atomic E-state index is -0.786. The number of likely N-dealkylation sites (tertiary alicyclic amines) is 1. The molecule has 3 aliphatic heterocycles. The van der Waals surface area contributed by atoms with E-state index in [0.717, 1.165) is 53.8 Å². The maximum absolute atomic E-state index is 13.7. The number of hydrogen-bond acceptors (Lipinski definition) is 5. The molecule has 6 nitrogen and oxygen atoms in total. The molecule has 7 heteroatoms. The van der Waals surface area contributed by atoms with E-state index in [0.29, 0.717) is 48.0 Å². The summed E-state index contributed by atoms with van der Waals surface area (Å²) in [4.78, 5) is 30.4. The van der Waals surface area contributed by atoms with Gasteiger partial charge in [0.15, 0.2) is 17.3 Å². The zero-order valence-corrected chi connectivity index (χ0v) is 21.5. The Morgan fingerprint density at radius 2 is 1.76 bits per heavy atom. The second-order valence-electron chi connectivity index (χ2n) is 10.5. The Balaban J connectivity index is 1.45. The van der Waals surface area contributed by atoms with Gasteiger partial charge in [-0.2, -0.15) is 0 Å². The predicted molar refractivity (Wildman–Crippen MR) is 132 cm³/mol. The Kier molecular flexibility index (Phi) is 5.80. The number of piperidine rings is 1. The summed E-state index contributed by atoms with van der Waals surface area (Å²) in [5.74, 6) is 0.625. The van der Waals surface area contributed by atoms with Crippen LogP contribution in [0.15, 0.2) is 22.8 Å². The minimum Gasteiger partial charge on any atom is -0.448 e. The molecule has 1 atom stereocenters. The fourth-order valence-corrected chi connectivity index (χ4v) is 6.18. The minimum absolute atomic E-state index is 0.0979. The van der Waals surface area contributed by atoms with Gasteiger partial charge in [0.1, 0.15) is 0 Å². The average molecular weight is 485 g/mol. The van der Waals surface area contributed by atoms with Crippen molar-refractivity contribution in [3.05, 3.63) is 44.5 Å². The Bertz CT molecular complexity index is 1150.